The van der Waals surface area contributed by atoms with Crippen molar-refractivity contribution in [2.24, 2.45) is 5.92 Å². The van der Waals surface area contributed by atoms with Crippen LogP contribution in [0.3, 0.4) is 0 Å². The minimum absolute atomic E-state index is 0.0525. The average Bonchev–Trinajstić information content (AvgIpc) is 3.36. The van der Waals surface area contributed by atoms with Gasteiger partial charge in [0, 0.05) is 29.8 Å². The number of hydrogen-bond donors (Lipinski definition) is 2. The predicted octanol–water partition coefficient (Wildman–Crippen LogP) is 4.66. The molecule has 4 aromatic carbocycles. The van der Waals surface area contributed by atoms with Crippen LogP contribution in [0.25, 0.3) is 16.5 Å². The fraction of sp³-hybridized carbons (Fsp3) is 0.250. The van der Waals surface area contributed by atoms with Gasteiger partial charge < -0.3 is 24.7 Å². The van der Waals surface area contributed by atoms with Gasteiger partial charge in [-0.15, -0.1) is 0 Å². The first-order chi connectivity index (χ1) is 24.2. The number of carbonyl (C=O) groups is 2. The molecule has 10 heteroatoms. The number of carbonyl (C=O) groups excluding carboxylic acids is 2. The Hall–Kier alpha value is -5.58. The second-order valence-corrected chi connectivity index (χ2v) is 12.9. The second kappa shape index (κ2) is 13.4. The summed E-state index contributed by atoms with van der Waals surface area (Å²) in [6.45, 7) is 2.16. The highest BCUT2D eigenvalue weighted by atomic mass is 16.5. The average molecular weight is 671 g/mol. The van der Waals surface area contributed by atoms with E-state index in [1.165, 1.54) is 16.7 Å². The Morgan fingerprint density at radius 2 is 1.80 bits per heavy atom. The number of rotatable bonds is 9. The molecule has 0 bridgehead atoms. The van der Waals surface area contributed by atoms with Crippen LogP contribution in [0, 0.1) is 5.92 Å². The summed E-state index contributed by atoms with van der Waals surface area (Å²) in [5.41, 5.74) is 2.24. The van der Waals surface area contributed by atoms with E-state index in [0.29, 0.717) is 41.0 Å². The molecule has 3 heterocycles. The highest BCUT2D eigenvalue weighted by Gasteiger charge is 2.52. The number of nitrogens with zero attached hydrogens (tertiary/aromatic N) is 4. The van der Waals surface area contributed by atoms with Gasteiger partial charge in [-0.1, -0.05) is 73.7 Å². The molecule has 5 aromatic rings. The van der Waals surface area contributed by atoms with Gasteiger partial charge in [-0.25, -0.2) is 0 Å². The van der Waals surface area contributed by atoms with E-state index in [1.807, 2.05) is 54.6 Å². The smallest absolute Gasteiger partial charge is 0.279 e. The van der Waals surface area contributed by atoms with E-state index < -0.39 is 17.4 Å². The van der Waals surface area contributed by atoms with Gasteiger partial charge in [0.05, 0.1) is 49.3 Å². The molecule has 1 aromatic heterocycles. The molecule has 50 heavy (non-hydrogen) atoms. The summed E-state index contributed by atoms with van der Waals surface area (Å²) in [7, 11) is 1.52. The van der Waals surface area contributed by atoms with Crippen molar-refractivity contribution in [3.05, 3.63) is 142 Å². The number of methoxy groups -OCH3 is 1. The maximum absolute atomic E-state index is 14.3. The zero-order valence-electron chi connectivity index (χ0n) is 27.9. The zero-order chi connectivity index (χ0) is 35.0. The van der Waals surface area contributed by atoms with Gasteiger partial charge in [0.25, 0.3) is 11.5 Å². The molecule has 0 spiro atoms. The molecule has 2 aliphatic heterocycles. The van der Waals surface area contributed by atoms with Gasteiger partial charge in [0.2, 0.25) is 5.91 Å². The highest BCUT2D eigenvalue weighted by molar-refractivity contribution is 6.07. The van der Waals surface area contributed by atoms with Gasteiger partial charge in [-0.2, -0.15) is 9.78 Å². The van der Waals surface area contributed by atoms with E-state index >= 15 is 0 Å². The normalized spacial score (nSPS) is 19.1. The van der Waals surface area contributed by atoms with Crippen molar-refractivity contribution >= 4 is 28.3 Å². The van der Waals surface area contributed by atoms with Crippen molar-refractivity contribution < 1.29 is 24.5 Å². The van der Waals surface area contributed by atoms with Crippen LogP contribution in [0.4, 0.5) is 5.69 Å². The Morgan fingerprint density at radius 3 is 2.60 bits per heavy atom. The van der Waals surface area contributed by atoms with E-state index in [2.05, 4.69) is 5.10 Å². The fourth-order valence-corrected chi connectivity index (χ4v) is 7.13. The van der Waals surface area contributed by atoms with E-state index in [1.54, 1.807) is 66.6 Å². The maximum atomic E-state index is 14.3. The van der Waals surface area contributed by atoms with Gasteiger partial charge in [0.15, 0.2) is 5.60 Å². The van der Waals surface area contributed by atoms with Crippen LogP contribution in [-0.2, 0) is 34.7 Å². The number of aliphatic hydroxyl groups excluding tert-OH is 1. The molecule has 0 radical (unpaired) electrons. The lowest BCUT2D eigenvalue weighted by molar-refractivity contribution is -0.139. The van der Waals surface area contributed by atoms with E-state index in [-0.39, 0.29) is 37.1 Å². The van der Waals surface area contributed by atoms with Crippen LogP contribution in [0.15, 0.2) is 114 Å². The van der Waals surface area contributed by atoms with Crippen LogP contribution in [0.2, 0.25) is 0 Å². The summed E-state index contributed by atoms with van der Waals surface area (Å²) in [4.78, 5) is 44.1. The van der Waals surface area contributed by atoms with Crippen LogP contribution >= 0.6 is 0 Å². The van der Waals surface area contributed by atoms with Crippen LogP contribution in [-0.4, -0.2) is 56.5 Å². The van der Waals surface area contributed by atoms with Crippen LogP contribution < -0.4 is 15.2 Å². The molecule has 0 fully saturated rings. The Balaban J connectivity index is 1.13. The Morgan fingerprint density at radius 1 is 1.02 bits per heavy atom. The SMILES string of the molecule is COc1ccc2c(c1)[C@](O)([C@@H](C)/C=C/CC(=O)N1Cc3ccccc3C[C@H]1CO)C(=O)N2Cc1cccc(-n2ncc3ccccc3c2=O)c1. The third-order valence-electron chi connectivity index (χ3n) is 9.93. The van der Waals surface area contributed by atoms with Gasteiger partial charge >= 0.3 is 0 Å². The monoisotopic (exact) mass is 670 g/mol. The van der Waals surface area contributed by atoms with Crippen molar-refractivity contribution in [1.82, 2.24) is 14.7 Å². The maximum Gasteiger partial charge on any atom is 0.279 e. The first-order valence-corrected chi connectivity index (χ1v) is 16.7. The Bertz CT molecular complexity index is 2190. The molecule has 254 valence electrons. The molecule has 10 nitrogen and oxygen atoms in total. The molecule has 7 rings (SSSR count). The first kappa shape index (κ1) is 32.9. The molecule has 0 saturated carbocycles. The molecule has 0 unspecified atom stereocenters. The summed E-state index contributed by atoms with van der Waals surface area (Å²) in [5.74, 6) is -0.868. The number of ether oxygens (including phenoxy) is 1. The standard InChI is InChI=1S/C40H38N4O6/c1-26(9-7-16-37(46)42-24-30-13-4-3-11-28(30)20-32(42)25-45)40(49)35-21-33(50-2)17-18-36(35)43(39(40)48)23-27-10-8-14-31(19-27)44-38(47)34-15-6-5-12-29(34)22-41-44/h3-15,17-19,21-22,26,32,45,49H,16,20,23-25H2,1-2H3/b9-7+/t26-,32-,40+/m0/s1. The highest BCUT2D eigenvalue weighted by Crippen LogP contribution is 2.47. The topological polar surface area (TPSA) is 125 Å². The predicted molar refractivity (Wildman–Crippen MR) is 190 cm³/mol. The summed E-state index contributed by atoms with van der Waals surface area (Å²) in [5, 5.41) is 27.9. The lowest BCUT2D eigenvalue weighted by atomic mass is 9.82. The van der Waals surface area contributed by atoms with Gasteiger partial charge in [-0.05, 0) is 59.5 Å². The molecular weight excluding hydrogens is 632 g/mol. The number of benzene rings is 4. The summed E-state index contributed by atoms with van der Waals surface area (Å²) in [6, 6.07) is 27.3. The third kappa shape index (κ3) is 5.76. The molecule has 2 N–H and O–H groups in total. The number of aliphatic hydroxyl groups is 2. The third-order valence-corrected chi connectivity index (χ3v) is 9.93. The van der Waals surface area contributed by atoms with Crippen molar-refractivity contribution in [1.29, 1.82) is 0 Å². The summed E-state index contributed by atoms with van der Waals surface area (Å²) >= 11 is 0. The van der Waals surface area contributed by atoms with Gasteiger partial charge in [-0.3, -0.25) is 14.4 Å². The van der Waals surface area contributed by atoms with Crippen molar-refractivity contribution in [2.75, 3.05) is 18.6 Å². The Kier molecular flexibility index (Phi) is 8.81. The molecule has 0 saturated heterocycles. The molecule has 0 aliphatic carbocycles. The van der Waals surface area contributed by atoms with E-state index in [4.69, 9.17) is 4.74 Å². The lowest BCUT2D eigenvalue weighted by Crippen LogP contribution is -2.46. The lowest BCUT2D eigenvalue weighted by Gasteiger charge is -2.36. The number of anilines is 1. The molecule has 2 aliphatic rings. The first-order valence-electron chi connectivity index (χ1n) is 16.7. The van der Waals surface area contributed by atoms with E-state index in [0.717, 1.165) is 22.1 Å². The Labute approximate surface area is 289 Å². The minimum atomic E-state index is -1.93. The molecule has 3 atom stereocenters. The minimum Gasteiger partial charge on any atom is -0.497 e. The van der Waals surface area contributed by atoms with Crippen molar-refractivity contribution in [3.63, 3.8) is 0 Å². The number of hydrogen-bond acceptors (Lipinski definition) is 7. The number of amides is 2. The summed E-state index contributed by atoms with van der Waals surface area (Å²) < 4.78 is 6.80. The van der Waals surface area contributed by atoms with Crippen molar-refractivity contribution in [2.45, 2.75) is 44.5 Å². The van der Waals surface area contributed by atoms with Crippen LogP contribution in [0.1, 0.15) is 35.6 Å². The fourth-order valence-electron chi connectivity index (χ4n) is 7.13. The number of fused-ring (bicyclic) bond motifs is 3. The second-order valence-electron chi connectivity index (χ2n) is 12.9. The van der Waals surface area contributed by atoms with E-state index in [9.17, 15) is 24.6 Å². The van der Waals surface area contributed by atoms with Crippen LogP contribution in [0.5, 0.6) is 5.75 Å². The zero-order valence-corrected chi connectivity index (χ0v) is 27.9. The summed E-state index contributed by atoms with van der Waals surface area (Å²) in [6.07, 6.45) is 5.67. The van der Waals surface area contributed by atoms with Crippen molar-refractivity contribution in [3.8, 4) is 11.4 Å². The molecule has 2 amide bonds. The molecular formula is C40H38N4O6. The largest absolute Gasteiger partial charge is 0.497 e. The van der Waals surface area contributed by atoms with Gasteiger partial charge in [0.1, 0.15) is 5.75 Å². The number of aromatic nitrogens is 2. The quantitative estimate of drug-likeness (QED) is 0.219.